The Bertz CT molecular complexity index is 390. The second kappa shape index (κ2) is 4.88. The quantitative estimate of drug-likeness (QED) is 0.790. The van der Waals surface area contributed by atoms with Gasteiger partial charge in [-0.1, -0.05) is 0 Å². The highest BCUT2D eigenvalue weighted by Gasteiger charge is 2.09. The summed E-state index contributed by atoms with van der Waals surface area (Å²) in [7, 11) is 0. The maximum Gasteiger partial charge on any atom is 0.221 e. The summed E-state index contributed by atoms with van der Waals surface area (Å²) >= 11 is 0. The third-order valence-electron chi connectivity index (χ3n) is 2.32. The number of ether oxygens (including phenoxy) is 2. The maximum absolute atomic E-state index is 10.9. The number of hydrogen-bond donors (Lipinski definition) is 1. The second-order valence-corrected chi connectivity index (χ2v) is 3.75. The zero-order valence-corrected chi connectivity index (χ0v) is 9.29. The molecule has 0 unspecified atom stereocenters. The van der Waals surface area contributed by atoms with Crippen LogP contribution in [-0.4, -0.2) is 19.1 Å². The van der Waals surface area contributed by atoms with Gasteiger partial charge < -0.3 is 14.8 Å². The van der Waals surface area contributed by atoms with Crippen molar-refractivity contribution in [1.82, 2.24) is 0 Å². The van der Waals surface area contributed by atoms with Gasteiger partial charge in [-0.2, -0.15) is 0 Å². The second-order valence-electron chi connectivity index (χ2n) is 3.75. The summed E-state index contributed by atoms with van der Waals surface area (Å²) in [5.41, 5.74) is 0.732. The molecule has 1 aromatic rings. The van der Waals surface area contributed by atoms with Crippen molar-refractivity contribution in [3.05, 3.63) is 18.2 Å². The van der Waals surface area contributed by atoms with Crippen LogP contribution in [0, 0.1) is 0 Å². The average Bonchev–Trinajstić information content (AvgIpc) is 2.19. The number of benzene rings is 1. The van der Waals surface area contributed by atoms with Gasteiger partial charge in [-0.3, -0.25) is 4.79 Å². The molecule has 1 N–H and O–H groups in total. The molecule has 4 nitrogen and oxygen atoms in total. The van der Waals surface area contributed by atoms with E-state index in [-0.39, 0.29) is 5.91 Å². The number of fused-ring (bicyclic) bond motifs is 1. The van der Waals surface area contributed by atoms with Gasteiger partial charge in [0.1, 0.15) is 0 Å². The molecule has 0 fully saturated rings. The molecular weight excluding hydrogens is 206 g/mol. The van der Waals surface area contributed by atoms with Crippen molar-refractivity contribution >= 4 is 11.6 Å². The molecule has 16 heavy (non-hydrogen) atoms. The highest BCUT2D eigenvalue weighted by molar-refractivity contribution is 5.89. The minimum Gasteiger partial charge on any atom is -0.490 e. The first-order chi connectivity index (χ1) is 7.75. The molecule has 4 heteroatoms. The lowest BCUT2D eigenvalue weighted by atomic mass is 10.2. The molecule has 0 spiro atoms. The summed E-state index contributed by atoms with van der Waals surface area (Å²) in [6, 6.07) is 5.43. The molecular formula is C12H15NO3. The zero-order valence-electron chi connectivity index (χ0n) is 9.29. The highest BCUT2D eigenvalue weighted by Crippen LogP contribution is 2.31. The number of carbonyl (C=O) groups excluding carboxylic acids is 1. The Balaban J connectivity index is 2.21. The van der Waals surface area contributed by atoms with E-state index in [0.717, 1.165) is 30.9 Å². The Kier molecular flexibility index (Phi) is 3.29. The van der Waals surface area contributed by atoms with E-state index in [9.17, 15) is 4.79 Å². The topological polar surface area (TPSA) is 47.6 Å². The van der Waals surface area contributed by atoms with Crippen molar-refractivity contribution in [2.45, 2.75) is 19.8 Å². The van der Waals surface area contributed by atoms with Crippen molar-refractivity contribution in [1.29, 1.82) is 0 Å². The molecule has 0 aliphatic carbocycles. The van der Waals surface area contributed by atoms with Gasteiger partial charge in [0.15, 0.2) is 11.5 Å². The van der Waals surface area contributed by atoms with Crippen LogP contribution in [0.4, 0.5) is 5.69 Å². The van der Waals surface area contributed by atoms with Gasteiger partial charge in [-0.15, -0.1) is 0 Å². The number of nitrogens with one attached hydrogen (secondary N) is 1. The first-order valence-corrected chi connectivity index (χ1v) is 5.43. The van der Waals surface area contributed by atoms with Crippen LogP contribution in [0.3, 0.4) is 0 Å². The van der Waals surface area contributed by atoms with Crippen molar-refractivity contribution in [3.63, 3.8) is 0 Å². The predicted octanol–water partition coefficient (Wildman–Crippen LogP) is 2.20. The maximum atomic E-state index is 10.9. The molecule has 0 atom stereocenters. The van der Waals surface area contributed by atoms with E-state index in [4.69, 9.17) is 9.47 Å². The number of rotatable bonds is 1. The number of hydrogen-bond acceptors (Lipinski definition) is 3. The zero-order chi connectivity index (χ0) is 11.4. The fraction of sp³-hybridized carbons (Fsp3) is 0.417. The minimum atomic E-state index is -0.0910. The highest BCUT2D eigenvalue weighted by atomic mass is 16.5. The first kappa shape index (κ1) is 10.8. The molecule has 1 aliphatic rings. The van der Waals surface area contributed by atoms with Gasteiger partial charge in [0, 0.05) is 18.7 Å². The summed E-state index contributed by atoms with van der Waals surface area (Å²) in [6.07, 6.45) is 2.00. The Morgan fingerprint density at radius 2 is 1.88 bits per heavy atom. The van der Waals surface area contributed by atoms with E-state index < -0.39 is 0 Å². The van der Waals surface area contributed by atoms with Crippen molar-refractivity contribution in [2.75, 3.05) is 18.5 Å². The van der Waals surface area contributed by atoms with E-state index in [2.05, 4.69) is 5.32 Å². The fourth-order valence-electron chi connectivity index (χ4n) is 1.59. The van der Waals surface area contributed by atoms with E-state index >= 15 is 0 Å². The molecule has 0 saturated heterocycles. The summed E-state index contributed by atoms with van der Waals surface area (Å²) < 4.78 is 11.1. The minimum absolute atomic E-state index is 0.0910. The number of amides is 1. The summed E-state index contributed by atoms with van der Waals surface area (Å²) in [5, 5.41) is 2.72. The Morgan fingerprint density at radius 1 is 1.19 bits per heavy atom. The monoisotopic (exact) mass is 221 g/mol. The van der Waals surface area contributed by atoms with Crippen LogP contribution in [0.15, 0.2) is 18.2 Å². The van der Waals surface area contributed by atoms with Crippen LogP contribution in [0.25, 0.3) is 0 Å². The smallest absolute Gasteiger partial charge is 0.221 e. The van der Waals surface area contributed by atoms with Gasteiger partial charge in [0.05, 0.1) is 13.2 Å². The van der Waals surface area contributed by atoms with Crippen LogP contribution < -0.4 is 14.8 Å². The fourth-order valence-corrected chi connectivity index (χ4v) is 1.59. The van der Waals surface area contributed by atoms with E-state index in [1.54, 1.807) is 6.07 Å². The standard InChI is InChI=1S/C12H15NO3/c1-9(14)13-10-4-5-11-12(8-10)16-7-3-2-6-15-11/h4-5,8H,2-3,6-7H2,1H3,(H,13,14). The van der Waals surface area contributed by atoms with Crippen molar-refractivity contribution in [2.24, 2.45) is 0 Å². The van der Waals surface area contributed by atoms with Crippen LogP contribution in [0.2, 0.25) is 0 Å². The SMILES string of the molecule is CC(=O)Nc1ccc2c(c1)OCCCCO2. The third kappa shape index (κ3) is 2.66. The normalized spacial score (nSPS) is 14.8. The largest absolute Gasteiger partial charge is 0.490 e. The van der Waals surface area contributed by atoms with Gasteiger partial charge in [-0.25, -0.2) is 0 Å². The van der Waals surface area contributed by atoms with Crippen molar-refractivity contribution < 1.29 is 14.3 Å². The van der Waals surface area contributed by atoms with E-state index in [1.807, 2.05) is 12.1 Å². The molecule has 0 saturated carbocycles. The van der Waals surface area contributed by atoms with Crippen molar-refractivity contribution in [3.8, 4) is 11.5 Å². The molecule has 1 aromatic carbocycles. The van der Waals surface area contributed by atoms with E-state index in [0.29, 0.717) is 12.4 Å². The number of anilines is 1. The Hall–Kier alpha value is -1.71. The molecule has 0 aromatic heterocycles. The van der Waals surface area contributed by atoms with Crippen LogP contribution in [-0.2, 0) is 4.79 Å². The van der Waals surface area contributed by atoms with Gasteiger partial charge in [0.25, 0.3) is 0 Å². The van der Waals surface area contributed by atoms with Crippen LogP contribution in [0.5, 0.6) is 11.5 Å². The molecule has 0 radical (unpaired) electrons. The van der Waals surface area contributed by atoms with Gasteiger partial charge in [-0.05, 0) is 25.0 Å². The average molecular weight is 221 g/mol. The lowest BCUT2D eigenvalue weighted by molar-refractivity contribution is -0.114. The molecule has 1 amide bonds. The molecule has 1 heterocycles. The Morgan fingerprint density at radius 3 is 2.56 bits per heavy atom. The molecule has 0 bridgehead atoms. The first-order valence-electron chi connectivity index (χ1n) is 5.43. The van der Waals surface area contributed by atoms with Crippen LogP contribution >= 0.6 is 0 Å². The Labute approximate surface area is 94.6 Å². The molecule has 2 rings (SSSR count). The van der Waals surface area contributed by atoms with Crippen LogP contribution in [0.1, 0.15) is 19.8 Å². The van der Waals surface area contributed by atoms with E-state index in [1.165, 1.54) is 6.92 Å². The van der Waals surface area contributed by atoms with Gasteiger partial charge >= 0.3 is 0 Å². The molecule has 1 aliphatic heterocycles. The molecule has 86 valence electrons. The summed E-state index contributed by atoms with van der Waals surface area (Å²) in [5.74, 6) is 1.35. The lowest BCUT2D eigenvalue weighted by Crippen LogP contribution is -2.10. The lowest BCUT2D eigenvalue weighted by Gasteiger charge is -2.17. The number of carbonyl (C=O) groups is 1. The summed E-state index contributed by atoms with van der Waals surface area (Å²) in [6.45, 7) is 2.89. The predicted molar refractivity (Wildman–Crippen MR) is 61.0 cm³/mol. The third-order valence-corrected chi connectivity index (χ3v) is 2.32. The summed E-state index contributed by atoms with van der Waals surface area (Å²) in [4.78, 5) is 10.9. The van der Waals surface area contributed by atoms with Gasteiger partial charge in [0.2, 0.25) is 5.91 Å².